The van der Waals surface area contributed by atoms with Crippen molar-refractivity contribution in [1.29, 1.82) is 0 Å². The maximum Gasteiger partial charge on any atom is 0.213 e. The fourth-order valence-corrected chi connectivity index (χ4v) is 2.99. The molecular formula is C18H15NOS. The topological polar surface area (TPSA) is 22.1 Å². The van der Waals surface area contributed by atoms with E-state index < -0.39 is 0 Å². The molecule has 0 atom stereocenters. The van der Waals surface area contributed by atoms with E-state index in [-0.39, 0.29) is 0 Å². The van der Waals surface area contributed by atoms with Gasteiger partial charge in [0.15, 0.2) is 0 Å². The largest absolute Gasteiger partial charge is 0.481 e. The van der Waals surface area contributed by atoms with Gasteiger partial charge in [-0.2, -0.15) is 0 Å². The summed E-state index contributed by atoms with van der Waals surface area (Å²) >= 11 is 1.71. The van der Waals surface area contributed by atoms with Gasteiger partial charge in [-0.3, -0.25) is 0 Å². The minimum Gasteiger partial charge on any atom is -0.481 e. The van der Waals surface area contributed by atoms with E-state index in [1.807, 2.05) is 42.5 Å². The molecule has 0 saturated heterocycles. The molecule has 2 nitrogen and oxygen atoms in total. The van der Waals surface area contributed by atoms with E-state index in [4.69, 9.17) is 4.74 Å². The number of hydrogen-bond acceptors (Lipinski definition) is 3. The Labute approximate surface area is 128 Å². The molecule has 0 aliphatic carbocycles. The van der Waals surface area contributed by atoms with Crippen LogP contribution in [0.5, 0.6) is 5.88 Å². The number of nitrogens with zero attached hydrogens (tertiary/aromatic N) is 1. The molecule has 0 spiro atoms. The molecule has 104 valence electrons. The summed E-state index contributed by atoms with van der Waals surface area (Å²) < 4.78 is 5.26. The fraction of sp³-hybridized carbons (Fsp3) is 0.0556. The maximum atomic E-state index is 5.26. The Kier molecular flexibility index (Phi) is 4.22. The normalized spacial score (nSPS) is 10.3. The molecule has 0 aliphatic rings. The summed E-state index contributed by atoms with van der Waals surface area (Å²) in [6, 6.07) is 24.5. The van der Waals surface area contributed by atoms with Gasteiger partial charge in [-0.1, -0.05) is 60.3 Å². The number of ether oxygens (including phenoxy) is 1. The molecule has 2 aromatic carbocycles. The van der Waals surface area contributed by atoms with Gasteiger partial charge in [-0.05, 0) is 18.2 Å². The highest BCUT2D eigenvalue weighted by Gasteiger charge is 2.10. The number of benzene rings is 2. The zero-order chi connectivity index (χ0) is 14.5. The van der Waals surface area contributed by atoms with Crippen molar-refractivity contribution in [3.8, 4) is 17.1 Å². The first kappa shape index (κ1) is 13.7. The molecule has 0 saturated carbocycles. The van der Waals surface area contributed by atoms with E-state index in [0.29, 0.717) is 5.88 Å². The van der Waals surface area contributed by atoms with E-state index in [1.165, 1.54) is 4.90 Å². The third-order valence-electron chi connectivity index (χ3n) is 3.06. The SMILES string of the molecule is COc1ccc(Sc2ccccc2)c(-c2ccccc2)n1. The molecule has 3 rings (SSSR count). The lowest BCUT2D eigenvalue weighted by molar-refractivity contribution is 0.398. The zero-order valence-electron chi connectivity index (χ0n) is 11.7. The first-order chi connectivity index (χ1) is 10.4. The molecule has 0 fully saturated rings. The molecule has 0 aliphatic heterocycles. The summed E-state index contributed by atoms with van der Waals surface area (Å²) in [6.07, 6.45) is 0. The second-order valence-corrected chi connectivity index (χ2v) is 5.60. The quantitative estimate of drug-likeness (QED) is 0.682. The summed E-state index contributed by atoms with van der Waals surface area (Å²) in [6.45, 7) is 0. The lowest BCUT2D eigenvalue weighted by atomic mass is 10.1. The molecule has 1 heterocycles. The van der Waals surface area contributed by atoms with Gasteiger partial charge in [0.05, 0.1) is 12.8 Å². The van der Waals surface area contributed by atoms with E-state index in [9.17, 15) is 0 Å². The van der Waals surface area contributed by atoms with Crippen LogP contribution >= 0.6 is 11.8 Å². The van der Waals surface area contributed by atoms with Gasteiger partial charge in [0.1, 0.15) is 0 Å². The molecule has 0 radical (unpaired) electrons. The Morgan fingerprint density at radius 2 is 1.48 bits per heavy atom. The van der Waals surface area contributed by atoms with Crippen LogP contribution in [-0.2, 0) is 0 Å². The smallest absolute Gasteiger partial charge is 0.213 e. The van der Waals surface area contributed by atoms with Gasteiger partial charge in [0, 0.05) is 21.4 Å². The van der Waals surface area contributed by atoms with E-state index in [1.54, 1.807) is 18.9 Å². The maximum absolute atomic E-state index is 5.26. The van der Waals surface area contributed by atoms with Crippen LogP contribution in [0, 0.1) is 0 Å². The minimum absolute atomic E-state index is 0.631. The van der Waals surface area contributed by atoms with Gasteiger partial charge >= 0.3 is 0 Å². The second-order valence-electron chi connectivity index (χ2n) is 4.48. The van der Waals surface area contributed by atoms with Crippen LogP contribution in [0.15, 0.2) is 82.6 Å². The first-order valence-electron chi connectivity index (χ1n) is 6.70. The number of methoxy groups -OCH3 is 1. The van der Waals surface area contributed by atoms with Crippen LogP contribution in [0.3, 0.4) is 0 Å². The highest BCUT2D eigenvalue weighted by Crippen LogP contribution is 2.35. The Bertz CT molecular complexity index is 714. The van der Waals surface area contributed by atoms with E-state index >= 15 is 0 Å². The average Bonchev–Trinajstić information content (AvgIpc) is 2.57. The van der Waals surface area contributed by atoms with Gasteiger partial charge in [0.2, 0.25) is 5.88 Å². The Morgan fingerprint density at radius 1 is 0.810 bits per heavy atom. The third kappa shape index (κ3) is 3.26. The van der Waals surface area contributed by atoms with Crippen LogP contribution in [-0.4, -0.2) is 12.1 Å². The minimum atomic E-state index is 0.631. The summed E-state index contributed by atoms with van der Waals surface area (Å²) in [4.78, 5) is 6.93. The van der Waals surface area contributed by atoms with Crippen molar-refractivity contribution < 1.29 is 4.74 Å². The molecule has 3 heteroatoms. The summed E-state index contributed by atoms with van der Waals surface area (Å²) in [5, 5.41) is 0. The molecular weight excluding hydrogens is 278 g/mol. The predicted molar refractivity (Wildman–Crippen MR) is 86.8 cm³/mol. The second kappa shape index (κ2) is 6.46. The van der Waals surface area contributed by atoms with Crippen molar-refractivity contribution in [2.45, 2.75) is 9.79 Å². The third-order valence-corrected chi connectivity index (χ3v) is 4.12. The Morgan fingerprint density at radius 3 is 2.14 bits per heavy atom. The first-order valence-corrected chi connectivity index (χ1v) is 7.52. The molecule has 0 N–H and O–H groups in total. The summed E-state index contributed by atoms with van der Waals surface area (Å²) in [7, 11) is 1.64. The number of aromatic nitrogens is 1. The van der Waals surface area contributed by atoms with Gasteiger partial charge in [0.25, 0.3) is 0 Å². The van der Waals surface area contributed by atoms with Crippen LogP contribution in [0.2, 0.25) is 0 Å². The number of pyridine rings is 1. The fourth-order valence-electron chi connectivity index (χ4n) is 2.04. The van der Waals surface area contributed by atoms with Crippen molar-refractivity contribution in [3.05, 3.63) is 72.8 Å². The molecule has 3 aromatic rings. The van der Waals surface area contributed by atoms with Crippen molar-refractivity contribution in [2.24, 2.45) is 0 Å². The van der Waals surface area contributed by atoms with Crippen LogP contribution in [0.4, 0.5) is 0 Å². The van der Waals surface area contributed by atoms with Crippen LogP contribution < -0.4 is 4.74 Å². The summed E-state index contributed by atoms with van der Waals surface area (Å²) in [5.74, 6) is 0.631. The van der Waals surface area contributed by atoms with Crippen LogP contribution in [0.1, 0.15) is 0 Å². The standard InChI is InChI=1S/C18H15NOS/c1-20-17-13-12-16(21-15-10-6-3-7-11-15)18(19-17)14-8-4-2-5-9-14/h2-13H,1H3. The number of hydrogen-bond donors (Lipinski definition) is 0. The lowest BCUT2D eigenvalue weighted by Gasteiger charge is -2.10. The Hall–Kier alpha value is -2.26. The highest BCUT2D eigenvalue weighted by atomic mass is 32.2. The van der Waals surface area contributed by atoms with Gasteiger partial charge in [-0.25, -0.2) is 4.98 Å². The lowest BCUT2D eigenvalue weighted by Crippen LogP contribution is -1.92. The average molecular weight is 293 g/mol. The van der Waals surface area contributed by atoms with Crippen molar-refractivity contribution in [2.75, 3.05) is 7.11 Å². The van der Waals surface area contributed by atoms with E-state index in [0.717, 1.165) is 16.2 Å². The predicted octanol–water partition coefficient (Wildman–Crippen LogP) is 4.91. The van der Waals surface area contributed by atoms with Gasteiger partial charge in [-0.15, -0.1) is 0 Å². The van der Waals surface area contributed by atoms with Crippen molar-refractivity contribution in [3.63, 3.8) is 0 Å². The molecule has 21 heavy (non-hydrogen) atoms. The zero-order valence-corrected chi connectivity index (χ0v) is 12.5. The molecule has 1 aromatic heterocycles. The molecule has 0 bridgehead atoms. The van der Waals surface area contributed by atoms with Crippen molar-refractivity contribution in [1.82, 2.24) is 4.98 Å². The van der Waals surface area contributed by atoms with Gasteiger partial charge < -0.3 is 4.74 Å². The van der Waals surface area contributed by atoms with E-state index in [2.05, 4.69) is 35.3 Å². The molecule has 0 unspecified atom stereocenters. The monoisotopic (exact) mass is 293 g/mol. The molecule has 0 amide bonds. The highest BCUT2D eigenvalue weighted by molar-refractivity contribution is 7.99. The Balaban J connectivity index is 2.04. The number of rotatable bonds is 4. The van der Waals surface area contributed by atoms with Crippen molar-refractivity contribution >= 4 is 11.8 Å². The van der Waals surface area contributed by atoms with Crippen LogP contribution in [0.25, 0.3) is 11.3 Å². The summed E-state index contributed by atoms with van der Waals surface area (Å²) in [5.41, 5.74) is 2.04.